The van der Waals surface area contributed by atoms with Crippen LogP contribution in [0.3, 0.4) is 0 Å². The van der Waals surface area contributed by atoms with Crippen LogP contribution in [0.5, 0.6) is 0 Å². The van der Waals surface area contributed by atoms with Crippen LogP contribution in [-0.4, -0.2) is 11.9 Å². The molecule has 2 unspecified atom stereocenters. The minimum Gasteiger partial charge on any atom is -0.460 e. The van der Waals surface area contributed by atoms with Gasteiger partial charge in [-0.2, -0.15) is 0 Å². The molecule has 0 radical (unpaired) electrons. The molecule has 2 aromatic carbocycles. The van der Waals surface area contributed by atoms with Crippen LogP contribution < -0.4 is 0 Å². The van der Waals surface area contributed by atoms with E-state index in [1.165, 1.54) is 12.2 Å². The van der Waals surface area contributed by atoms with Crippen molar-refractivity contribution >= 4 is 11.9 Å². The van der Waals surface area contributed by atoms with Crippen LogP contribution in [0.15, 0.2) is 132 Å². The van der Waals surface area contributed by atoms with Crippen molar-refractivity contribution in [2.75, 3.05) is 0 Å². The molecule has 0 spiro atoms. The Labute approximate surface area is 235 Å². The number of benzene rings is 2. The van der Waals surface area contributed by atoms with Crippen molar-refractivity contribution in [3.8, 4) is 0 Å². The molecule has 2 aliphatic rings. The first-order chi connectivity index (χ1) is 19.0. The van der Waals surface area contributed by atoms with Gasteiger partial charge in [-0.3, -0.25) is 9.59 Å². The predicted octanol–water partition coefficient (Wildman–Crippen LogP) is 7.91. The highest BCUT2D eigenvalue weighted by Gasteiger charge is 2.35. The predicted molar refractivity (Wildman–Crippen MR) is 155 cm³/mol. The average Bonchev–Trinajstić information content (AvgIpc) is 3.10. The van der Waals surface area contributed by atoms with Crippen molar-refractivity contribution in [3.63, 3.8) is 0 Å². The van der Waals surface area contributed by atoms with Crippen LogP contribution >= 0.6 is 0 Å². The second-order valence-corrected chi connectivity index (χ2v) is 11.2. The summed E-state index contributed by atoms with van der Waals surface area (Å²) in [5, 5.41) is 0. The van der Waals surface area contributed by atoms with E-state index < -0.39 is 28.6 Å². The van der Waals surface area contributed by atoms with Gasteiger partial charge in [-0.05, 0) is 48.3 Å². The van der Waals surface area contributed by atoms with Crippen LogP contribution in [0.2, 0.25) is 0 Å². The van der Waals surface area contributed by atoms with Crippen molar-refractivity contribution in [1.29, 1.82) is 0 Å². The van der Waals surface area contributed by atoms with Crippen molar-refractivity contribution in [3.05, 3.63) is 143 Å². The second kappa shape index (κ2) is 11.9. The number of carbonyl (C=O) groups excluding carboxylic acids is 2. The van der Waals surface area contributed by atoms with Gasteiger partial charge in [-0.1, -0.05) is 117 Å². The largest absolute Gasteiger partial charge is 0.460 e. The van der Waals surface area contributed by atoms with E-state index in [9.17, 15) is 14.0 Å². The Hall–Kier alpha value is -4.25. The number of rotatable bonds is 7. The van der Waals surface area contributed by atoms with Gasteiger partial charge in [-0.25, -0.2) is 4.39 Å². The highest BCUT2D eigenvalue weighted by molar-refractivity contribution is 5.84. The van der Waals surface area contributed by atoms with E-state index in [1.807, 2.05) is 98.8 Å². The maximum absolute atomic E-state index is 14.8. The molecule has 0 fully saturated rings. The Morgan fingerprint density at radius 3 is 1.70 bits per heavy atom. The monoisotopic (exact) mass is 538 g/mol. The number of allylic oxidation sites excluding steroid dienone is 8. The summed E-state index contributed by atoms with van der Waals surface area (Å²) >= 11 is 0. The number of hydrogen-bond acceptors (Lipinski definition) is 4. The lowest BCUT2D eigenvalue weighted by molar-refractivity contribution is -0.152. The lowest BCUT2D eigenvalue weighted by Crippen LogP contribution is -2.28. The topological polar surface area (TPSA) is 52.6 Å². The van der Waals surface area contributed by atoms with Crippen LogP contribution in [0, 0.1) is 16.2 Å². The fourth-order valence-corrected chi connectivity index (χ4v) is 4.45. The molecule has 0 amide bonds. The number of halogens is 1. The summed E-state index contributed by atoms with van der Waals surface area (Å²) in [7, 11) is 0. The molecule has 4 nitrogen and oxygen atoms in total. The van der Waals surface area contributed by atoms with Gasteiger partial charge in [0.25, 0.3) is 0 Å². The van der Waals surface area contributed by atoms with E-state index >= 15 is 0 Å². The maximum atomic E-state index is 14.8. The van der Waals surface area contributed by atoms with Crippen LogP contribution in [0.1, 0.15) is 38.8 Å². The van der Waals surface area contributed by atoms with Gasteiger partial charge in [0.1, 0.15) is 29.9 Å². The SMILES string of the molecule is CC1(C)/C=C\C(C2=CC(C)(C(=O)OCc3ccccc3)C=C(F)C=C2)=C/C(C)(C(=O)OCc2ccccc2)/C=C\1. The summed E-state index contributed by atoms with van der Waals surface area (Å²) in [6.07, 6.45) is 15.4. The highest BCUT2D eigenvalue weighted by Crippen LogP contribution is 2.37. The van der Waals surface area contributed by atoms with Gasteiger partial charge < -0.3 is 9.47 Å². The molecule has 0 aromatic heterocycles. The van der Waals surface area contributed by atoms with Gasteiger partial charge in [-0.15, -0.1) is 0 Å². The minimum atomic E-state index is -1.37. The molecule has 0 N–H and O–H groups in total. The molecule has 206 valence electrons. The summed E-state index contributed by atoms with van der Waals surface area (Å²) in [6.45, 7) is 7.70. The van der Waals surface area contributed by atoms with Gasteiger partial charge in [0.15, 0.2) is 0 Å². The quantitative estimate of drug-likeness (QED) is 0.265. The minimum absolute atomic E-state index is 0.0776. The lowest BCUT2D eigenvalue weighted by Gasteiger charge is -2.27. The maximum Gasteiger partial charge on any atom is 0.320 e. The van der Waals surface area contributed by atoms with Crippen LogP contribution in [0.25, 0.3) is 0 Å². The van der Waals surface area contributed by atoms with Crippen molar-refractivity contribution < 1.29 is 23.5 Å². The number of esters is 2. The summed E-state index contributed by atoms with van der Waals surface area (Å²) in [6, 6.07) is 18.8. The Kier molecular flexibility index (Phi) is 8.53. The van der Waals surface area contributed by atoms with E-state index in [2.05, 4.69) is 0 Å². The molecule has 0 saturated carbocycles. The van der Waals surface area contributed by atoms with E-state index in [4.69, 9.17) is 9.47 Å². The summed E-state index contributed by atoms with van der Waals surface area (Å²) in [4.78, 5) is 26.7. The molecule has 0 aliphatic heterocycles. The Balaban J connectivity index is 1.67. The first-order valence-corrected chi connectivity index (χ1v) is 13.3. The van der Waals surface area contributed by atoms with Crippen molar-refractivity contribution in [2.24, 2.45) is 16.2 Å². The molecule has 5 heteroatoms. The molecule has 0 heterocycles. The zero-order valence-electron chi connectivity index (χ0n) is 23.4. The van der Waals surface area contributed by atoms with Gasteiger partial charge in [0.2, 0.25) is 0 Å². The van der Waals surface area contributed by atoms with Gasteiger partial charge >= 0.3 is 11.9 Å². The fraction of sp³-hybridized carbons (Fsp3) is 0.257. The zero-order chi connectivity index (χ0) is 28.8. The second-order valence-electron chi connectivity index (χ2n) is 11.2. The van der Waals surface area contributed by atoms with E-state index in [0.717, 1.165) is 11.1 Å². The molecular weight excluding hydrogens is 503 g/mol. The van der Waals surface area contributed by atoms with Crippen molar-refractivity contribution in [1.82, 2.24) is 0 Å². The van der Waals surface area contributed by atoms with Crippen molar-refractivity contribution in [2.45, 2.75) is 40.9 Å². The Morgan fingerprint density at radius 1 is 0.625 bits per heavy atom. The normalized spacial score (nSPS) is 26.5. The zero-order valence-corrected chi connectivity index (χ0v) is 23.4. The lowest BCUT2D eigenvalue weighted by atomic mass is 9.78. The molecule has 2 atom stereocenters. The standard InChI is InChI=1S/C35H35FO4/c1-33(2)18-17-29(21-34(3,20-19-33)31(37)39-24-26-11-7-5-8-12-26)28-15-16-30(36)23-35(4,22-28)32(38)40-25-27-13-9-6-10-14-27/h5-23H,24-25H2,1-4H3/b18-17-,20-19-,29-21+. The first kappa shape index (κ1) is 28.8. The summed E-state index contributed by atoms with van der Waals surface area (Å²) in [5.74, 6) is -1.54. The first-order valence-electron chi connectivity index (χ1n) is 13.3. The smallest absolute Gasteiger partial charge is 0.320 e. The number of hydrogen-bond donors (Lipinski definition) is 0. The Morgan fingerprint density at radius 2 is 1.12 bits per heavy atom. The number of carbonyl (C=O) groups is 2. The van der Waals surface area contributed by atoms with E-state index in [1.54, 1.807) is 32.1 Å². The molecule has 0 saturated heterocycles. The highest BCUT2D eigenvalue weighted by atomic mass is 19.1. The summed E-state index contributed by atoms with van der Waals surface area (Å²) in [5.41, 5.74) is 0.138. The third-order valence-electron chi connectivity index (χ3n) is 6.96. The molecular formula is C35H35FO4. The van der Waals surface area contributed by atoms with Gasteiger partial charge in [0, 0.05) is 5.41 Å². The van der Waals surface area contributed by atoms with Gasteiger partial charge in [0.05, 0.1) is 0 Å². The molecule has 0 bridgehead atoms. The summed E-state index contributed by atoms with van der Waals surface area (Å²) < 4.78 is 26.1. The third-order valence-corrected chi connectivity index (χ3v) is 6.96. The van der Waals surface area contributed by atoms with E-state index in [0.29, 0.717) is 11.1 Å². The third kappa shape index (κ3) is 7.23. The molecule has 2 aromatic rings. The molecule has 40 heavy (non-hydrogen) atoms. The van der Waals surface area contributed by atoms with Crippen LogP contribution in [-0.2, 0) is 32.3 Å². The molecule has 4 rings (SSSR count). The van der Waals surface area contributed by atoms with E-state index in [-0.39, 0.29) is 18.6 Å². The average molecular weight is 539 g/mol. The number of ether oxygens (including phenoxy) is 2. The molecule has 2 aliphatic carbocycles. The van der Waals surface area contributed by atoms with Crippen LogP contribution in [0.4, 0.5) is 4.39 Å². The Bertz CT molecular complexity index is 1430. The fourth-order valence-electron chi connectivity index (χ4n) is 4.45.